The molecule has 2 aliphatic rings. The molecule has 2 aromatic carbocycles. The van der Waals surface area contributed by atoms with Crippen LogP contribution in [-0.4, -0.2) is 35.3 Å². The average Bonchev–Trinajstić information content (AvgIpc) is 3.09. The van der Waals surface area contributed by atoms with Gasteiger partial charge in [-0.05, 0) is 36.1 Å². The molecule has 1 heterocycles. The number of carbonyl (C=O) groups is 3. The van der Waals surface area contributed by atoms with Crippen molar-refractivity contribution in [2.45, 2.75) is 37.6 Å². The van der Waals surface area contributed by atoms with Gasteiger partial charge in [0.1, 0.15) is 12.4 Å². The molecule has 2 amide bonds. The second kappa shape index (κ2) is 8.49. The zero-order valence-corrected chi connectivity index (χ0v) is 17.5. The van der Waals surface area contributed by atoms with Crippen LogP contribution in [0.4, 0.5) is 4.79 Å². The highest BCUT2D eigenvalue weighted by molar-refractivity contribution is 9.10. The van der Waals surface area contributed by atoms with Gasteiger partial charge in [0.25, 0.3) is 0 Å². The van der Waals surface area contributed by atoms with Crippen molar-refractivity contribution in [1.82, 2.24) is 4.90 Å². The molecule has 3 atom stereocenters. The summed E-state index contributed by atoms with van der Waals surface area (Å²) in [5.41, 5.74) is 2.00. The fourth-order valence-electron chi connectivity index (χ4n) is 4.31. The van der Waals surface area contributed by atoms with Crippen molar-refractivity contribution in [1.29, 1.82) is 0 Å². The maximum Gasteiger partial charge on any atom is 0.416 e. The molecule has 2 aromatic rings. The molecule has 1 aliphatic carbocycles. The predicted octanol–water partition coefficient (Wildman–Crippen LogP) is 4.49. The number of ether oxygens (including phenoxy) is 1. The number of amides is 2. The minimum Gasteiger partial charge on any atom is -0.447 e. The Balaban J connectivity index is 1.58. The van der Waals surface area contributed by atoms with E-state index < -0.39 is 12.0 Å². The zero-order valence-electron chi connectivity index (χ0n) is 15.9. The number of hydrogen-bond donors (Lipinski definition) is 0. The quantitative estimate of drug-likeness (QED) is 0.680. The van der Waals surface area contributed by atoms with Gasteiger partial charge in [-0.2, -0.15) is 0 Å². The SMILES string of the molecule is O=C1CC[C@@H](C(=O)N2C(=O)OC[C@H]2Cc2ccccc2)[C@@H](c2ccc(Br)cc2)C1. The summed E-state index contributed by atoms with van der Waals surface area (Å²) in [6, 6.07) is 17.2. The largest absolute Gasteiger partial charge is 0.447 e. The number of benzene rings is 2. The van der Waals surface area contributed by atoms with Gasteiger partial charge in [-0.1, -0.05) is 58.4 Å². The summed E-state index contributed by atoms with van der Waals surface area (Å²) in [4.78, 5) is 39.3. The summed E-state index contributed by atoms with van der Waals surface area (Å²) in [6.45, 7) is 0.202. The minimum absolute atomic E-state index is 0.159. The van der Waals surface area contributed by atoms with Crippen LogP contribution in [-0.2, 0) is 20.7 Å². The lowest BCUT2D eigenvalue weighted by Crippen LogP contribution is -2.46. The van der Waals surface area contributed by atoms with E-state index in [0.29, 0.717) is 25.7 Å². The molecule has 0 bridgehead atoms. The van der Waals surface area contributed by atoms with Gasteiger partial charge in [0.2, 0.25) is 5.91 Å². The molecule has 0 N–H and O–H groups in total. The lowest BCUT2D eigenvalue weighted by Gasteiger charge is -2.33. The molecule has 0 radical (unpaired) electrons. The lowest BCUT2D eigenvalue weighted by molar-refractivity contribution is -0.136. The van der Waals surface area contributed by atoms with Gasteiger partial charge < -0.3 is 4.74 Å². The number of nitrogens with zero attached hydrogens (tertiary/aromatic N) is 1. The van der Waals surface area contributed by atoms with Gasteiger partial charge >= 0.3 is 6.09 Å². The third-order valence-corrected chi connectivity index (χ3v) is 6.32. The molecule has 0 unspecified atom stereocenters. The fraction of sp³-hybridized carbons (Fsp3) is 0.348. The van der Waals surface area contributed by atoms with E-state index >= 15 is 0 Å². The first-order valence-corrected chi connectivity index (χ1v) is 10.6. The summed E-state index contributed by atoms with van der Waals surface area (Å²) in [5.74, 6) is -0.693. The van der Waals surface area contributed by atoms with E-state index in [0.717, 1.165) is 15.6 Å². The third-order valence-electron chi connectivity index (χ3n) is 5.80. The van der Waals surface area contributed by atoms with Crippen LogP contribution in [0.5, 0.6) is 0 Å². The van der Waals surface area contributed by atoms with Crippen LogP contribution in [0.2, 0.25) is 0 Å². The van der Waals surface area contributed by atoms with Crippen molar-refractivity contribution in [2.75, 3.05) is 6.61 Å². The maximum atomic E-state index is 13.5. The Labute approximate surface area is 178 Å². The van der Waals surface area contributed by atoms with Crippen molar-refractivity contribution in [2.24, 2.45) is 5.92 Å². The van der Waals surface area contributed by atoms with Gasteiger partial charge in [0.05, 0.1) is 6.04 Å². The van der Waals surface area contributed by atoms with Gasteiger partial charge in [-0.3, -0.25) is 9.59 Å². The lowest BCUT2D eigenvalue weighted by atomic mass is 9.74. The number of halogens is 1. The van der Waals surface area contributed by atoms with E-state index in [9.17, 15) is 14.4 Å². The standard InChI is InChI=1S/C23H22BrNO4/c24-17-8-6-16(7-9-17)21-13-19(26)10-11-20(21)22(27)25-18(14-29-23(25)28)12-15-4-2-1-3-5-15/h1-9,18,20-21H,10-14H2/t18-,20-,21-/m1/s1. The van der Waals surface area contributed by atoms with Gasteiger partial charge in [-0.25, -0.2) is 9.69 Å². The number of cyclic esters (lactones) is 1. The summed E-state index contributed by atoms with van der Waals surface area (Å²) in [6.07, 6.45) is 1.13. The monoisotopic (exact) mass is 455 g/mol. The van der Waals surface area contributed by atoms with E-state index in [1.807, 2.05) is 54.6 Å². The first-order chi connectivity index (χ1) is 14.0. The van der Waals surface area contributed by atoms with Gasteiger partial charge in [0, 0.05) is 29.2 Å². The Morgan fingerprint density at radius 3 is 2.52 bits per heavy atom. The van der Waals surface area contributed by atoms with Crippen LogP contribution in [0.1, 0.15) is 36.3 Å². The Morgan fingerprint density at radius 2 is 1.79 bits per heavy atom. The van der Waals surface area contributed by atoms with E-state index in [1.165, 1.54) is 4.90 Å². The minimum atomic E-state index is -0.581. The third kappa shape index (κ3) is 4.27. The number of ketones is 1. The van der Waals surface area contributed by atoms with Crippen LogP contribution in [0.25, 0.3) is 0 Å². The summed E-state index contributed by atoms with van der Waals surface area (Å²) < 4.78 is 6.18. The highest BCUT2D eigenvalue weighted by atomic mass is 79.9. The van der Waals surface area contributed by atoms with Crippen LogP contribution in [0.3, 0.4) is 0 Å². The van der Waals surface area contributed by atoms with Crippen molar-refractivity contribution in [3.63, 3.8) is 0 Å². The normalized spacial score (nSPS) is 24.4. The number of hydrogen-bond acceptors (Lipinski definition) is 4. The zero-order chi connectivity index (χ0) is 20.4. The molecule has 1 saturated heterocycles. The molecule has 1 aliphatic heterocycles. The molecule has 6 heteroatoms. The summed E-state index contributed by atoms with van der Waals surface area (Å²) in [7, 11) is 0. The van der Waals surface area contributed by atoms with E-state index in [1.54, 1.807) is 0 Å². The predicted molar refractivity (Wildman–Crippen MR) is 111 cm³/mol. The molecule has 0 aromatic heterocycles. The Morgan fingerprint density at radius 1 is 1.07 bits per heavy atom. The van der Waals surface area contributed by atoms with Crippen LogP contribution in [0.15, 0.2) is 59.1 Å². The van der Waals surface area contributed by atoms with E-state index in [-0.39, 0.29) is 30.3 Å². The first-order valence-electron chi connectivity index (χ1n) is 9.84. The number of carbonyl (C=O) groups excluding carboxylic acids is 3. The summed E-state index contributed by atoms with van der Waals surface area (Å²) in [5, 5.41) is 0. The van der Waals surface area contributed by atoms with Crippen LogP contribution in [0, 0.1) is 5.92 Å². The smallest absolute Gasteiger partial charge is 0.416 e. The topological polar surface area (TPSA) is 63.7 Å². The number of Topliss-reactive ketones (excluding diaryl/α,β-unsaturated/α-hetero) is 1. The van der Waals surface area contributed by atoms with Crippen LogP contribution >= 0.6 is 15.9 Å². The molecule has 2 fully saturated rings. The Kier molecular flexibility index (Phi) is 5.81. The highest BCUT2D eigenvalue weighted by Gasteiger charge is 2.44. The average molecular weight is 456 g/mol. The van der Waals surface area contributed by atoms with Crippen molar-refractivity contribution < 1.29 is 19.1 Å². The molecule has 1 saturated carbocycles. The van der Waals surface area contributed by atoms with Gasteiger partial charge in [-0.15, -0.1) is 0 Å². The van der Waals surface area contributed by atoms with Crippen molar-refractivity contribution in [3.05, 3.63) is 70.2 Å². The van der Waals surface area contributed by atoms with E-state index in [4.69, 9.17) is 4.74 Å². The first kappa shape index (κ1) is 19.8. The van der Waals surface area contributed by atoms with E-state index in [2.05, 4.69) is 15.9 Å². The van der Waals surface area contributed by atoms with Crippen molar-refractivity contribution in [3.8, 4) is 0 Å². The number of imide groups is 1. The molecule has 29 heavy (non-hydrogen) atoms. The van der Waals surface area contributed by atoms with Crippen LogP contribution < -0.4 is 0 Å². The molecule has 150 valence electrons. The van der Waals surface area contributed by atoms with Crippen molar-refractivity contribution >= 4 is 33.7 Å². The Hall–Kier alpha value is -2.47. The molecular weight excluding hydrogens is 434 g/mol. The number of rotatable bonds is 4. The maximum absolute atomic E-state index is 13.5. The molecule has 4 rings (SSSR count). The fourth-order valence-corrected chi connectivity index (χ4v) is 4.57. The molecular formula is C23H22BrNO4. The second-order valence-electron chi connectivity index (χ2n) is 7.67. The highest BCUT2D eigenvalue weighted by Crippen LogP contribution is 2.39. The molecule has 0 spiro atoms. The Bertz CT molecular complexity index is 912. The molecule has 5 nitrogen and oxygen atoms in total. The van der Waals surface area contributed by atoms with Gasteiger partial charge in [0.15, 0.2) is 0 Å². The second-order valence-corrected chi connectivity index (χ2v) is 8.59. The summed E-state index contributed by atoms with van der Waals surface area (Å²) >= 11 is 3.42.